The van der Waals surface area contributed by atoms with E-state index < -0.39 is 0 Å². The molecule has 4 heteroatoms. The third-order valence-corrected chi connectivity index (χ3v) is 4.39. The molecule has 3 rings (SSSR count). The molecule has 1 aliphatic heterocycles. The van der Waals surface area contributed by atoms with Crippen LogP contribution in [0.15, 0.2) is 28.7 Å². The average molecular weight is 332 g/mol. The summed E-state index contributed by atoms with van der Waals surface area (Å²) < 4.78 is 1.12. The Morgan fingerprint density at radius 1 is 1.20 bits per heavy atom. The van der Waals surface area contributed by atoms with Gasteiger partial charge in [-0.1, -0.05) is 48.0 Å². The van der Waals surface area contributed by atoms with Gasteiger partial charge in [0.25, 0.3) is 0 Å². The van der Waals surface area contributed by atoms with E-state index in [1.54, 1.807) is 0 Å². The van der Waals surface area contributed by atoms with Crippen LogP contribution in [-0.4, -0.2) is 9.97 Å². The summed E-state index contributed by atoms with van der Waals surface area (Å²) in [6, 6.07) is 8.26. The van der Waals surface area contributed by atoms with E-state index >= 15 is 0 Å². The van der Waals surface area contributed by atoms with Crippen molar-refractivity contribution >= 4 is 15.9 Å². The third-order valence-electron chi connectivity index (χ3n) is 3.62. The molecule has 0 atom stereocenters. The SMILES string of the molecule is CC(C)c1nc(Cc2ccccc2Br)nc2c1CNC2. The Balaban J connectivity index is 1.99. The van der Waals surface area contributed by atoms with Gasteiger partial charge >= 0.3 is 0 Å². The number of halogens is 1. The lowest BCUT2D eigenvalue weighted by Crippen LogP contribution is -2.08. The zero-order valence-electron chi connectivity index (χ0n) is 11.8. The van der Waals surface area contributed by atoms with Gasteiger partial charge in [0.1, 0.15) is 5.82 Å². The first-order valence-corrected chi connectivity index (χ1v) is 7.77. The molecule has 1 aliphatic rings. The second-order valence-electron chi connectivity index (χ2n) is 5.48. The number of hydrogen-bond acceptors (Lipinski definition) is 3. The van der Waals surface area contributed by atoms with E-state index in [0.717, 1.165) is 29.8 Å². The van der Waals surface area contributed by atoms with Crippen LogP contribution in [0.5, 0.6) is 0 Å². The second kappa shape index (κ2) is 5.62. The number of hydrogen-bond donors (Lipinski definition) is 1. The molecule has 0 unspecified atom stereocenters. The normalized spacial score (nSPS) is 13.8. The summed E-state index contributed by atoms with van der Waals surface area (Å²) in [5, 5.41) is 3.37. The van der Waals surface area contributed by atoms with Crippen LogP contribution in [0.2, 0.25) is 0 Å². The highest BCUT2D eigenvalue weighted by Crippen LogP contribution is 2.25. The predicted octanol–water partition coefficient (Wildman–Crippen LogP) is 3.56. The fourth-order valence-corrected chi connectivity index (χ4v) is 3.04. The molecular weight excluding hydrogens is 314 g/mol. The lowest BCUT2D eigenvalue weighted by Gasteiger charge is -2.12. The fourth-order valence-electron chi connectivity index (χ4n) is 2.62. The highest BCUT2D eigenvalue weighted by molar-refractivity contribution is 9.10. The van der Waals surface area contributed by atoms with Gasteiger partial charge in [0.2, 0.25) is 0 Å². The fraction of sp³-hybridized carbons (Fsp3) is 0.375. The molecule has 0 amide bonds. The van der Waals surface area contributed by atoms with Crippen LogP contribution in [0.3, 0.4) is 0 Å². The molecule has 104 valence electrons. The van der Waals surface area contributed by atoms with Gasteiger partial charge in [-0.05, 0) is 17.5 Å². The van der Waals surface area contributed by atoms with Crippen LogP contribution in [0.4, 0.5) is 0 Å². The van der Waals surface area contributed by atoms with E-state index in [4.69, 9.17) is 9.97 Å². The van der Waals surface area contributed by atoms with Crippen molar-refractivity contribution in [3.05, 3.63) is 57.1 Å². The summed E-state index contributed by atoms with van der Waals surface area (Å²) in [5.41, 5.74) is 4.90. The molecule has 0 saturated heterocycles. The van der Waals surface area contributed by atoms with Gasteiger partial charge < -0.3 is 5.32 Å². The number of aromatic nitrogens is 2. The first-order chi connectivity index (χ1) is 9.65. The number of nitrogens with zero attached hydrogens (tertiary/aromatic N) is 2. The molecule has 1 aromatic carbocycles. The van der Waals surface area contributed by atoms with E-state index in [9.17, 15) is 0 Å². The highest BCUT2D eigenvalue weighted by Gasteiger charge is 2.20. The zero-order chi connectivity index (χ0) is 14.1. The number of rotatable bonds is 3. The first-order valence-electron chi connectivity index (χ1n) is 6.98. The highest BCUT2D eigenvalue weighted by atomic mass is 79.9. The summed E-state index contributed by atoms with van der Waals surface area (Å²) >= 11 is 3.60. The topological polar surface area (TPSA) is 37.8 Å². The van der Waals surface area contributed by atoms with Gasteiger partial charge in [0, 0.05) is 29.5 Å². The van der Waals surface area contributed by atoms with E-state index in [1.165, 1.54) is 22.5 Å². The Labute approximate surface area is 128 Å². The van der Waals surface area contributed by atoms with Crippen LogP contribution < -0.4 is 5.32 Å². The largest absolute Gasteiger partial charge is 0.307 e. The smallest absolute Gasteiger partial charge is 0.133 e. The summed E-state index contributed by atoms with van der Waals surface area (Å²) in [5.74, 6) is 1.35. The van der Waals surface area contributed by atoms with Crippen molar-refractivity contribution < 1.29 is 0 Å². The molecule has 0 saturated carbocycles. The molecule has 20 heavy (non-hydrogen) atoms. The van der Waals surface area contributed by atoms with Gasteiger partial charge in [-0.25, -0.2) is 9.97 Å². The third kappa shape index (κ3) is 2.63. The van der Waals surface area contributed by atoms with Crippen molar-refractivity contribution in [1.82, 2.24) is 15.3 Å². The van der Waals surface area contributed by atoms with Crippen molar-refractivity contribution in [2.45, 2.75) is 39.3 Å². The number of benzene rings is 1. The molecule has 1 aromatic heterocycles. The average Bonchev–Trinajstić information content (AvgIpc) is 2.88. The molecule has 0 aliphatic carbocycles. The van der Waals surface area contributed by atoms with Crippen molar-refractivity contribution in [3.8, 4) is 0 Å². The Hall–Kier alpha value is -1.26. The van der Waals surface area contributed by atoms with E-state index in [2.05, 4.69) is 53.3 Å². The minimum atomic E-state index is 0.435. The summed E-state index contributed by atoms with van der Waals surface area (Å²) in [6.45, 7) is 6.16. The quantitative estimate of drug-likeness (QED) is 0.934. The lowest BCUT2D eigenvalue weighted by molar-refractivity contribution is 0.745. The number of nitrogens with one attached hydrogen (secondary N) is 1. The van der Waals surface area contributed by atoms with E-state index in [-0.39, 0.29) is 0 Å². The van der Waals surface area contributed by atoms with Crippen LogP contribution in [0, 0.1) is 0 Å². The molecule has 0 spiro atoms. The molecule has 2 aromatic rings. The first kappa shape index (κ1) is 13.7. The molecular formula is C16H18BrN3. The van der Waals surface area contributed by atoms with Crippen molar-refractivity contribution in [2.24, 2.45) is 0 Å². The summed E-state index contributed by atoms with van der Waals surface area (Å²) in [6.07, 6.45) is 0.772. The van der Waals surface area contributed by atoms with Crippen LogP contribution in [0.1, 0.15) is 48.1 Å². The second-order valence-corrected chi connectivity index (χ2v) is 6.33. The maximum absolute atomic E-state index is 4.81. The Morgan fingerprint density at radius 2 is 2.00 bits per heavy atom. The van der Waals surface area contributed by atoms with Crippen LogP contribution in [-0.2, 0) is 19.5 Å². The zero-order valence-corrected chi connectivity index (χ0v) is 13.4. The Bertz CT molecular complexity index is 638. The van der Waals surface area contributed by atoms with Crippen molar-refractivity contribution in [3.63, 3.8) is 0 Å². The minimum Gasteiger partial charge on any atom is -0.307 e. The monoisotopic (exact) mass is 331 g/mol. The molecule has 0 radical (unpaired) electrons. The van der Waals surface area contributed by atoms with Gasteiger partial charge in [-0.3, -0.25) is 0 Å². The van der Waals surface area contributed by atoms with Gasteiger partial charge in [-0.15, -0.1) is 0 Å². The Kier molecular flexibility index (Phi) is 3.85. The standard InChI is InChI=1S/C16H18BrN3/c1-10(2)16-12-8-18-9-14(12)19-15(20-16)7-11-5-3-4-6-13(11)17/h3-6,10,18H,7-9H2,1-2H3. The molecule has 3 nitrogen and oxygen atoms in total. The number of fused-ring (bicyclic) bond motifs is 1. The molecule has 0 fully saturated rings. The lowest BCUT2D eigenvalue weighted by atomic mass is 10.0. The maximum atomic E-state index is 4.81. The van der Waals surface area contributed by atoms with Crippen molar-refractivity contribution in [2.75, 3.05) is 0 Å². The van der Waals surface area contributed by atoms with E-state index in [1.807, 2.05) is 6.07 Å². The van der Waals surface area contributed by atoms with E-state index in [0.29, 0.717) is 5.92 Å². The molecule has 2 heterocycles. The van der Waals surface area contributed by atoms with Crippen LogP contribution >= 0.6 is 15.9 Å². The minimum absolute atomic E-state index is 0.435. The molecule has 0 bridgehead atoms. The summed E-state index contributed by atoms with van der Waals surface area (Å²) in [4.78, 5) is 9.55. The molecule has 1 N–H and O–H groups in total. The van der Waals surface area contributed by atoms with Gasteiger partial charge in [0.15, 0.2) is 0 Å². The van der Waals surface area contributed by atoms with Crippen LogP contribution in [0.25, 0.3) is 0 Å². The predicted molar refractivity (Wildman–Crippen MR) is 83.6 cm³/mol. The maximum Gasteiger partial charge on any atom is 0.133 e. The summed E-state index contributed by atoms with van der Waals surface area (Å²) in [7, 11) is 0. The van der Waals surface area contributed by atoms with Gasteiger partial charge in [-0.2, -0.15) is 0 Å². The van der Waals surface area contributed by atoms with Crippen molar-refractivity contribution in [1.29, 1.82) is 0 Å². The van der Waals surface area contributed by atoms with Gasteiger partial charge in [0.05, 0.1) is 11.4 Å². The Morgan fingerprint density at radius 3 is 2.75 bits per heavy atom.